The Bertz CT molecular complexity index is 1060. The monoisotopic (exact) mass is 396 g/mol. The number of amides is 1. The summed E-state index contributed by atoms with van der Waals surface area (Å²) >= 11 is 0. The number of nitrogens with one attached hydrogen (secondary N) is 1. The lowest BCUT2D eigenvalue weighted by atomic mass is 10.2. The van der Waals surface area contributed by atoms with Crippen LogP contribution in [0.5, 0.6) is 5.75 Å². The fourth-order valence-electron chi connectivity index (χ4n) is 2.52. The third-order valence-electron chi connectivity index (χ3n) is 4.03. The van der Waals surface area contributed by atoms with Gasteiger partial charge in [0, 0.05) is 11.9 Å². The maximum atomic E-state index is 12.6. The van der Waals surface area contributed by atoms with E-state index in [0.717, 1.165) is 5.56 Å². The second-order valence-electron chi connectivity index (χ2n) is 6.11. The summed E-state index contributed by atoms with van der Waals surface area (Å²) in [5.74, 6) is 0.337. The third-order valence-corrected chi connectivity index (χ3v) is 5.71. The number of hydrogen-bond donors (Lipinski definition) is 1. The van der Waals surface area contributed by atoms with Crippen molar-refractivity contribution in [2.75, 3.05) is 11.9 Å². The Hall–Kier alpha value is -3.19. The van der Waals surface area contributed by atoms with Gasteiger partial charge in [0.25, 0.3) is 5.91 Å². The fourth-order valence-corrected chi connectivity index (χ4v) is 3.69. The minimum atomic E-state index is -3.72. The summed E-state index contributed by atoms with van der Waals surface area (Å²) in [4.78, 5) is 16.5. The van der Waals surface area contributed by atoms with Crippen molar-refractivity contribution in [2.45, 2.75) is 23.8 Å². The van der Waals surface area contributed by atoms with Gasteiger partial charge in [0.05, 0.1) is 17.1 Å². The average Bonchev–Trinajstić information content (AvgIpc) is 2.70. The molecule has 0 aliphatic rings. The largest absolute Gasteiger partial charge is 0.494 e. The number of pyridine rings is 1. The van der Waals surface area contributed by atoms with Crippen LogP contribution >= 0.6 is 0 Å². The van der Waals surface area contributed by atoms with Gasteiger partial charge >= 0.3 is 0 Å². The van der Waals surface area contributed by atoms with E-state index in [4.69, 9.17) is 4.74 Å². The average molecular weight is 396 g/mol. The standard InChI is InChI=1S/C21H20N2O4S/c1-3-27-18-9-7-17(8-10-18)23-21(24)16-6-13-20(22-14-16)28(25,26)19-11-4-15(2)5-12-19/h4-14H,3H2,1-2H3,(H,23,24). The Morgan fingerprint density at radius 3 is 2.25 bits per heavy atom. The van der Waals surface area contributed by atoms with Crippen molar-refractivity contribution in [3.63, 3.8) is 0 Å². The highest BCUT2D eigenvalue weighted by atomic mass is 32.2. The molecule has 2 aromatic carbocycles. The first-order valence-corrected chi connectivity index (χ1v) is 10.2. The molecule has 0 saturated heterocycles. The Kier molecular flexibility index (Phi) is 5.75. The lowest BCUT2D eigenvalue weighted by Gasteiger charge is -2.08. The van der Waals surface area contributed by atoms with E-state index in [1.807, 2.05) is 13.8 Å². The zero-order valence-corrected chi connectivity index (χ0v) is 16.4. The summed E-state index contributed by atoms with van der Waals surface area (Å²) in [6, 6.07) is 16.3. The lowest BCUT2D eigenvalue weighted by molar-refractivity contribution is 0.102. The maximum absolute atomic E-state index is 12.6. The van der Waals surface area contributed by atoms with Gasteiger partial charge in [0.15, 0.2) is 5.03 Å². The van der Waals surface area contributed by atoms with E-state index in [0.29, 0.717) is 18.0 Å². The van der Waals surface area contributed by atoms with Crippen molar-refractivity contribution in [1.82, 2.24) is 4.98 Å². The van der Waals surface area contributed by atoms with E-state index >= 15 is 0 Å². The third kappa shape index (κ3) is 4.37. The number of nitrogens with zero attached hydrogens (tertiary/aromatic N) is 1. The molecule has 0 unspecified atom stereocenters. The summed E-state index contributed by atoms with van der Waals surface area (Å²) in [6.07, 6.45) is 1.25. The molecule has 0 aliphatic carbocycles. The van der Waals surface area contributed by atoms with Gasteiger partial charge in [-0.05, 0) is 62.4 Å². The summed E-state index contributed by atoms with van der Waals surface area (Å²) in [6.45, 7) is 4.34. The van der Waals surface area contributed by atoms with Crippen LogP contribution in [0.25, 0.3) is 0 Å². The number of ether oxygens (including phenoxy) is 1. The molecule has 0 radical (unpaired) electrons. The van der Waals surface area contributed by atoms with Crippen LogP contribution < -0.4 is 10.1 Å². The summed E-state index contributed by atoms with van der Waals surface area (Å²) in [5, 5.41) is 2.64. The number of benzene rings is 2. The van der Waals surface area contributed by atoms with Gasteiger partial charge in [-0.25, -0.2) is 13.4 Å². The van der Waals surface area contributed by atoms with Crippen molar-refractivity contribution >= 4 is 21.4 Å². The first-order chi connectivity index (χ1) is 13.4. The molecule has 6 nitrogen and oxygen atoms in total. The number of anilines is 1. The number of hydrogen-bond acceptors (Lipinski definition) is 5. The van der Waals surface area contributed by atoms with E-state index in [1.54, 1.807) is 48.5 Å². The van der Waals surface area contributed by atoms with Crippen LogP contribution in [-0.2, 0) is 9.84 Å². The molecular weight excluding hydrogens is 376 g/mol. The Morgan fingerprint density at radius 1 is 1.00 bits per heavy atom. The SMILES string of the molecule is CCOc1ccc(NC(=O)c2ccc(S(=O)(=O)c3ccc(C)cc3)nc2)cc1. The summed E-state index contributed by atoms with van der Waals surface area (Å²) < 4.78 is 30.6. The molecule has 0 bridgehead atoms. The number of sulfone groups is 1. The first kappa shape index (κ1) is 19.6. The molecule has 3 aromatic rings. The lowest BCUT2D eigenvalue weighted by Crippen LogP contribution is -2.13. The molecule has 1 amide bonds. The van der Waals surface area contributed by atoms with E-state index in [1.165, 1.54) is 18.3 Å². The van der Waals surface area contributed by atoms with Gasteiger partial charge in [-0.3, -0.25) is 4.79 Å². The molecule has 0 atom stereocenters. The van der Waals surface area contributed by atoms with Crippen LogP contribution in [0.4, 0.5) is 5.69 Å². The van der Waals surface area contributed by atoms with Gasteiger partial charge < -0.3 is 10.1 Å². The number of aryl methyl sites for hydroxylation is 1. The minimum Gasteiger partial charge on any atom is -0.494 e. The van der Waals surface area contributed by atoms with Gasteiger partial charge in [0.2, 0.25) is 9.84 Å². The number of aromatic nitrogens is 1. The second kappa shape index (κ2) is 8.22. The minimum absolute atomic E-state index is 0.103. The van der Waals surface area contributed by atoms with Crippen LogP contribution in [0.3, 0.4) is 0 Å². The molecule has 1 aromatic heterocycles. The quantitative estimate of drug-likeness (QED) is 0.684. The van der Waals surface area contributed by atoms with Crippen molar-refractivity contribution in [3.8, 4) is 5.75 Å². The number of carbonyl (C=O) groups excluding carboxylic acids is 1. The highest BCUT2D eigenvalue weighted by molar-refractivity contribution is 7.91. The van der Waals surface area contributed by atoms with Crippen molar-refractivity contribution < 1.29 is 17.9 Å². The smallest absolute Gasteiger partial charge is 0.257 e. The molecule has 0 fully saturated rings. The molecule has 144 valence electrons. The zero-order chi connectivity index (χ0) is 20.1. The molecule has 0 aliphatic heterocycles. The zero-order valence-electron chi connectivity index (χ0n) is 15.5. The van der Waals surface area contributed by atoms with Gasteiger partial charge in [-0.2, -0.15) is 0 Å². The summed E-state index contributed by atoms with van der Waals surface area (Å²) in [5.41, 5.74) is 1.83. The number of rotatable bonds is 6. The first-order valence-electron chi connectivity index (χ1n) is 8.72. The molecule has 1 heterocycles. The Balaban J connectivity index is 1.74. The van der Waals surface area contributed by atoms with Crippen LogP contribution in [-0.4, -0.2) is 25.9 Å². The highest BCUT2D eigenvalue weighted by Crippen LogP contribution is 2.20. The van der Waals surface area contributed by atoms with Crippen molar-refractivity contribution in [1.29, 1.82) is 0 Å². The van der Waals surface area contributed by atoms with Crippen LogP contribution in [0.2, 0.25) is 0 Å². The highest BCUT2D eigenvalue weighted by Gasteiger charge is 2.19. The predicted molar refractivity (Wildman–Crippen MR) is 106 cm³/mol. The van der Waals surface area contributed by atoms with Crippen molar-refractivity contribution in [2.24, 2.45) is 0 Å². The molecule has 28 heavy (non-hydrogen) atoms. The fraction of sp³-hybridized carbons (Fsp3) is 0.143. The van der Waals surface area contributed by atoms with Crippen LogP contribution in [0.15, 0.2) is 76.8 Å². The predicted octanol–water partition coefficient (Wildman–Crippen LogP) is 3.87. The normalized spacial score (nSPS) is 11.1. The molecule has 1 N–H and O–H groups in total. The van der Waals surface area contributed by atoms with Gasteiger partial charge in [-0.1, -0.05) is 17.7 Å². The molecular formula is C21H20N2O4S. The Morgan fingerprint density at radius 2 is 1.68 bits per heavy atom. The van der Waals surface area contributed by atoms with Gasteiger partial charge in [0.1, 0.15) is 5.75 Å². The van der Waals surface area contributed by atoms with Crippen LogP contribution in [0, 0.1) is 6.92 Å². The summed E-state index contributed by atoms with van der Waals surface area (Å²) in [7, 11) is -3.72. The van der Waals surface area contributed by atoms with Crippen molar-refractivity contribution in [3.05, 3.63) is 78.0 Å². The van der Waals surface area contributed by atoms with E-state index < -0.39 is 9.84 Å². The van der Waals surface area contributed by atoms with Gasteiger partial charge in [-0.15, -0.1) is 0 Å². The molecule has 3 rings (SSSR count). The second-order valence-corrected chi connectivity index (χ2v) is 8.01. The number of carbonyl (C=O) groups is 1. The van der Waals surface area contributed by atoms with E-state index in [2.05, 4.69) is 10.3 Å². The maximum Gasteiger partial charge on any atom is 0.257 e. The van der Waals surface area contributed by atoms with E-state index in [9.17, 15) is 13.2 Å². The topological polar surface area (TPSA) is 85.4 Å². The van der Waals surface area contributed by atoms with Crippen LogP contribution in [0.1, 0.15) is 22.8 Å². The Labute approximate surface area is 164 Å². The van der Waals surface area contributed by atoms with E-state index in [-0.39, 0.29) is 21.4 Å². The molecule has 7 heteroatoms. The molecule has 0 spiro atoms. The molecule has 0 saturated carbocycles.